The van der Waals surface area contributed by atoms with E-state index in [0.717, 1.165) is 16.6 Å². The van der Waals surface area contributed by atoms with Crippen molar-refractivity contribution in [2.75, 3.05) is 0 Å². The van der Waals surface area contributed by atoms with Gasteiger partial charge in [0.15, 0.2) is 0 Å². The topological polar surface area (TPSA) is 43.8 Å². The molecule has 2 N–H and O–H groups in total. The van der Waals surface area contributed by atoms with E-state index in [4.69, 9.17) is 5.73 Å². The van der Waals surface area contributed by atoms with Crippen LogP contribution in [-0.4, -0.2) is 9.78 Å². The lowest BCUT2D eigenvalue weighted by molar-refractivity contribution is 0.688. The molecule has 1 aromatic heterocycles. The SMILES string of the molecule is CCC(N)c1cnn(C)c1Br. The minimum absolute atomic E-state index is 0.0954. The van der Waals surface area contributed by atoms with Gasteiger partial charge in [-0.15, -0.1) is 0 Å². The molecule has 11 heavy (non-hydrogen) atoms. The summed E-state index contributed by atoms with van der Waals surface area (Å²) in [6, 6.07) is 0.0954. The maximum absolute atomic E-state index is 5.83. The maximum atomic E-state index is 5.83. The zero-order valence-corrected chi connectivity index (χ0v) is 8.30. The van der Waals surface area contributed by atoms with Gasteiger partial charge in [-0.3, -0.25) is 4.68 Å². The molecule has 0 fully saturated rings. The van der Waals surface area contributed by atoms with Gasteiger partial charge in [-0.05, 0) is 22.4 Å². The molecule has 0 spiro atoms. The lowest BCUT2D eigenvalue weighted by atomic mass is 10.1. The van der Waals surface area contributed by atoms with Gasteiger partial charge in [-0.2, -0.15) is 5.10 Å². The first-order chi connectivity index (χ1) is 5.16. The number of aryl methyl sites for hydroxylation is 1. The lowest BCUT2D eigenvalue weighted by Crippen LogP contribution is -2.08. The summed E-state index contributed by atoms with van der Waals surface area (Å²) in [5, 5.41) is 4.07. The smallest absolute Gasteiger partial charge is 0.108 e. The first-order valence-corrected chi connectivity index (χ1v) is 4.39. The molecule has 1 aromatic rings. The van der Waals surface area contributed by atoms with Crippen molar-refractivity contribution in [1.82, 2.24) is 9.78 Å². The van der Waals surface area contributed by atoms with Crippen LogP contribution < -0.4 is 5.73 Å². The lowest BCUT2D eigenvalue weighted by Gasteiger charge is -2.05. The highest BCUT2D eigenvalue weighted by atomic mass is 79.9. The molecule has 1 heterocycles. The Labute approximate surface area is 74.7 Å². The minimum atomic E-state index is 0.0954. The highest BCUT2D eigenvalue weighted by molar-refractivity contribution is 9.10. The van der Waals surface area contributed by atoms with E-state index in [1.54, 1.807) is 10.9 Å². The minimum Gasteiger partial charge on any atom is -0.324 e. The Morgan fingerprint density at radius 2 is 2.45 bits per heavy atom. The molecule has 0 aliphatic carbocycles. The van der Waals surface area contributed by atoms with E-state index in [1.165, 1.54) is 0 Å². The quantitative estimate of drug-likeness (QED) is 0.819. The summed E-state index contributed by atoms with van der Waals surface area (Å²) in [4.78, 5) is 0. The maximum Gasteiger partial charge on any atom is 0.108 e. The third kappa shape index (κ3) is 1.62. The van der Waals surface area contributed by atoms with E-state index in [1.807, 2.05) is 7.05 Å². The Morgan fingerprint density at radius 3 is 2.82 bits per heavy atom. The molecular weight excluding hydrogens is 206 g/mol. The van der Waals surface area contributed by atoms with E-state index in [-0.39, 0.29) is 6.04 Å². The molecule has 0 aromatic carbocycles. The number of rotatable bonds is 2. The van der Waals surface area contributed by atoms with Crippen LogP contribution >= 0.6 is 15.9 Å². The molecule has 0 aliphatic heterocycles. The summed E-state index contributed by atoms with van der Waals surface area (Å²) in [5.41, 5.74) is 6.90. The summed E-state index contributed by atoms with van der Waals surface area (Å²) in [7, 11) is 1.88. The first kappa shape index (κ1) is 8.74. The van der Waals surface area contributed by atoms with Gasteiger partial charge >= 0.3 is 0 Å². The van der Waals surface area contributed by atoms with Crippen molar-refractivity contribution in [3.63, 3.8) is 0 Å². The molecule has 0 bridgehead atoms. The van der Waals surface area contributed by atoms with Crippen LogP contribution in [0, 0.1) is 0 Å². The largest absolute Gasteiger partial charge is 0.324 e. The van der Waals surface area contributed by atoms with Crippen molar-refractivity contribution in [3.8, 4) is 0 Å². The van der Waals surface area contributed by atoms with Crippen molar-refractivity contribution < 1.29 is 0 Å². The number of hydrogen-bond donors (Lipinski definition) is 1. The number of halogens is 1. The van der Waals surface area contributed by atoms with Crippen molar-refractivity contribution >= 4 is 15.9 Å². The summed E-state index contributed by atoms with van der Waals surface area (Å²) in [6.45, 7) is 2.06. The van der Waals surface area contributed by atoms with E-state index in [2.05, 4.69) is 28.0 Å². The predicted molar refractivity (Wildman–Crippen MR) is 48.1 cm³/mol. The Balaban J connectivity index is 2.94. The van der Waals surface area contributed by atoms with Crippen LogP contribution in [0.15, 0.2) is 10.8 Å². The van der Waals surface area contributed by atoms with Gasteiger partial charge < -0.3 is 5.73 Å². The van der Waals surface area contributed by atoms with E-state index < -0.39 is 0 Å². The van der Waals surface area contributed by atoms with Gasteiger partial charge in [0.25, 0.3) is 0 Å². The van der Waals surface area contributed by atoms with Crippen LogP contribution in [0.25, 0.3) is 0 Å². The molecule has 62 valence electrons. The van der Waals surface area contributed by atoms with Crippen LogP contribution in [0.1, 0.15) is 24.9 Å². The molecule has 1 rings (SSSR count). The summed E-state index contributed by atoms with van der Waals surface area (Å²) < 4.78 is 2.75. The van der Waals surface area contributed by atoms with E-state index in [0.29, 0.717) is 0 Å². The Bertz CT molecular complexity index is 244. The van der Waals surface area contributed by atoms with Gasteiger partial charge in [-0.25, -0.2) is 0 Å². The average Bonchev–Trinajstić information content (AvgIpc) is 2.32. The van der Waals surface area contributed by atoms with Crippen LogP contribution in [0.5, 0.6) is 0 Å². The second kappa shape index (κ2) is 3.36. The highest BCUT2D eigenvalue weighted by Crippen LogP contribution is 2.22. The molecular formula is C7H12BrN3. The van der Waals surface area contributed by atoms with Crippen molar-refractivity contribution in [2.24, 2.45) is 12.8 Å². The molecule has 0 saturated carbocycles. The Kier molecular flexibility index (Phi) is 2.67. The van der Waals surface area contributed by atoms with Crippen LogP contribution in [0.2, 0.25) is 0 Å². The number of nitrogens with zero attached hydrogens (tertiary/aromatic N) is 2. The van der Waals surface area contributed by atoms with Crippen LogP contribution in [0.3, 0.4) is 0 Å². The third-order valence-electron chi connectivity index (χ3n) is 1.73. The summed E-state index contributed by atoms with van der Waals surface area (Å²) >= 11 is 3.41. The second-order valence-corrected chi connectivity index (χ2v) is 3.28. The van der Waals surface area contributed by atoms with Gasteiger partial charge in [0.2, 0.25) is 0 Å². The van der Waals surface area contributed by atoms with Crippen LogP contribution in [0.4, 0.5) is 0 Å². The first-order valence-electron chi connectivity index (χ1n) is 3.59. The average molecular weight is 218 g/mol. The van der Waals surface area contributed by atoms with Crippen LogP contribution in [-0.2, 0) is 7.05 Å². The zero-order valence-electron chi connectivity index (χ0n) is 6.71. The second-order valence-electron chi connectivity index (χ2n) is 2.53. The fourth-order valence-electron chi connectivity index (χ4n) is 0.908. The zero-order chi connectivity index (χ0) is 8.43. The molecule has 0 saturated heterocycles. The van der Waals surface area contributed by atoms with Crippen molar-refractivity contribution in [2.45, 2.75) is 19.4 Å². The van der Waals surface area contributed by atoms with Gasteiger partial charge in [0, 0.05) is 18.7 Å². The van der Waals surface area contributed by atoms with Gasteiger partial charge in [0.05, 0.1) is 6.20 Å². The van der Waals surface area contributed by atoms with E-state index >= 15 is 0 Å². The Hall–Kier alpha value is -0.350. The van der Waals surface area contributed by atoms with Crippen molar-refractivity contribution in [3.05, 3.63) is 16.4 Å². The highest BCUT2D eigenvalue weighted by Gasteiger charge is 2.10. The fourth-order valence-corrected chi connectivity index (χ4v) is 1.40. The van der Waals surface area contributed by atoms with Crippen molar-refractivity contribution in [1.29, 1.82) is 0 Å². The molecule has 0 aliphatic rings. The Morgan fingerprint density at radius 1 is 1.82 bits per heavy atom. The molecule has 3 nitrogen and oxygen atoms in total. The van der Waals surface area contributed by atoms with Gasteiger partial charge in [-0.1, -0.05) is 6.92 Å². The molecule has 0 amide bonds. The molecule has 0 radical (unpaired) electrons. The normalized spacial score (nSPS) is 13.5. The standard InChI is InChI=1S/C7H12BrN3/c1-3-6(9)5-4-10-11(2)7(5)8/h4,6H,3,9H2,1-2H3. The third-order valence-corrected chi connectivity index (χ3v) is 2.70. The van der Waals surface area contributed by atoms with E-state index in [9.17, 15) is 0 Å². The summed E-state index contributed by atoms with van der Waals surface area (Å²) in [5.74, 6) is 0. The molecule has 4 heteroatoms. The number of nitrogens with two attached hydrogens (primary N) is 1. The molecule has 1 atom stereocenters. The molecule has 1 unspecified atom stereocenters. The van der Waals surface area contributed by atoms with Gasteiger partial charge in [0.1, 0.15) is 4.60 Å². The predicted octanol–water partition coefficient (Wildman–Crippen LogP) is 1.59. The number of aromatic nitrogens is 2. The summed E-state index contributed by atoms with van der Waals surface area (Å²) in [6.07, 6.45) is 2.74. The number of hydrogen-bond acceptors (Lipinski definition) is 2. The monoisotopic (exact) mass is 217 g/mol. The fraction of sp³-hybridized carbons (Fsp3) is 0.571.